The first-order valence-electron chi connectivity index (χ1n) is 32.2. The van der Waals surface area contributed by atoms with Crippen LogP contribution in [-0.2, 0) is 28.6 Å². The maximum Gasteiger partial charge on any atom is 0.306 e. The second kappa shape index (κ2) is 65.1. The SMILES string of the molecule is CC/C=C\C/C=C\C/C=C\C/C=C\C/C=C\C/C=C\C/C=C\CCCCCCCC(=O)OCC(COC(=O)CCCCCCCCCC)OC(=O)CCCCCCCCCCCCCC/C=C\C/C=C\C/C=C\C/C=C\CC. The van der Waals surface area contributed by atoms with Crippen LogP contribution in [0.15, 0.2) is 134 Å². The van der Waals surface area contributed by atoms with Gasteiger partial charge in [-0.2, -0.15) is 0 Å². The van der Waals surface area contributed by atoms with E-state index in [1.54, 1.807) is 0 Å². The van der Waals surface area contributed by atoms with Crippen molar-refractivity contribution >= 4 is 17.9 Å². The molecule has 0 saturated carbocycles. The first-order valence-corrected chi connectivity index (χ1v) is 32.2. The van der Waals surface area contributed by atoms with Crippen LogP contribution in [0.3, 0.4) is 0 Å². The number of ether oxygens (including phenoxy) is 3. The Kier molecular flexibility index (Phi) is 61.4. The third kappa shape index (κ3) is 62.4. The van der Waals surface area contributed by atoms with Crippen LogP contribution in [-0.4, -0.2) is 37.2 Å². The van der Waals surface area contributed by atoms with Crippen LogP contribution < -0.4 is 0 Å². The zero-order chi connectivity index (χ0) is 56.4. The minimum absolute atomic E-state index is 0.0866. The van der Waals surface area contributed by atoms with E-state index in [2.05, 4.69) is 154 Å². The minimum atomic E-state index is -0.790. The monoisotopic (exact) mass is 1080 g/mol. The van der Waals surface area contributed by atoms with Gasteiger partial charge in [0.2, 0.25) is 0 Å². The van der Waals surface area contributed by atoms with E-state index in [0.717, 1.165) is 148 Å². The lowest BCUT2D eigenvalue weighted by Crippen LogP contribution is -2.30. The summed E-state index contributed by atoms with van der Waals surface area (Å²) in [5.74, 6) is -0.911. The van der Waals surface area contributed by atoms with Crippen LogP contribution in [0.25, 0.3) is 0 Å². The molecule has 0 aliphatic heterocycles. The zero-order valence-electron chi connectivity index (χ0n) is 50.6. The molecule has 0 aromatic carbocycles. The first-order chi connectivity index (χ1) is 38.5. The molecule has 6 heteroatoms. The number of hydrogen-bond acceptors (Lipinski definition) is 6. The van der Waals surface area contributed by atoms with Crippen molar-refractivity contribution in [2.24, 2.45) is 0 Å². The number of carbonyl (C=O) groups is 3. The molecule has 78 heavy (non-hydrogen) atoms. The van der Waals surface area contributed by atoms with Gasteiger partial charge in [-0.05, 0) is 116 Å². The van der Waals surface area contributed by atoms with Gasteiger partial charge in [0.05, 0.1) is 0 Å². The van der Waals surface area contributed by atoms with Crippen molar-refractivity contribution in [1.29, 1.82) is 0 Å². The van der Waals surface area contributed by atoms with Gasteiger partial charge >= 0.3 is 17.9 Å². The highest BCUT2D eigenvalue weighted by Crippen LogP contribution is 2.16. The molecule has 442 valence electrons. The highest BCUT2D eigenvalue weighted by atomic mass is 16.6. The molecule has 6 nitrogen and oxygen atoms in total. The summed E-state index contributed by atoms with van der Waals surface area (Å²) < 4.78 is 16.9. The third-order valence-electron chi connectivity index (χ3n) is 13.4. The molecule has 0 spiro atoms. The third-order valence-corrected chi connectivity index (χ3v) is 13.4. The van der Waals surface area contributed by atoms with Crippen molar-refractivity contribution in [1.82, 2.24) is 0 Å². The predicted molar refractivity (Wildman–Crippen MR) is 339 cm³/mol. The summed E-state index contributed by atoms with van der Waals surface area (Å²) in [6.07, 6.45) is 91.8. The van der Waals surface area contributed by atoms with Crippen LogP contribution in [0.1, 0.15) is 284 Å². The minimum Gasteiger partial charge on any atom is -0.462 e. The molecule has 0 fully saturated rings. The topological polar surface area (TPSA) is 78.9 Å². The molecule has 0 aliphatic carbocycles. The lowest BCUT2D eigenvalue weighted by atomic mass is 10.0. The molecule has 0 aliphatic rings. The zero-order valence-corrected chi connectivity index (χ0v) is 50.6. The van der Waals surface area contributed by atoms with Gasteiger partial charge in [-0.3, -0.25) is 14.4 Å². The lowest BCUT2D eigenvalue weighted by molar-refractivity contribution is -0.167. The molecule has 0 saturated heterocycles. The van der Waals surface area contributed by atoms with Crippen LogP contribution in [0, 0.1) is 0 Å². The molecule has 0 heterocycles. The van der Waals surface area contributed by atoms with Gasteiger partial charge in [0.15, 0.2) is 6.10 Å². The van der Waals surface area contributed by atoms with E-state index >= 15 is 0 Å². The van der Waals surface area contributed by atoms with Crippen molar-refractivity contribution in [2.45, 2.75) is 290 Å². The Morgan fingerprint density at radius 2 is 0.500 bits per heavy atom. The number of rotatable bonds is 57. The maximum atomic E-state index is 12.9. The molecule has 0 radical (unpaired) electrons. The van der Waals surface area contributed by atoms with Gasteiger partial charge < -0.3 is 14.2 Å². The Morgan fingerprint density at radius 1 is 0.269 bits per heavy atom. The fourth-order valence-corrected chi connectivity index (χ4v) is 8.65. The lowest BCUT2D eigenvalue weighted by Gasteiger charge is -2.18. The second-order valence-corrected chi connectivity index (χ2v) is 20.9. The summed E-state index contributed by atoms with van der Waals surface area (Å²) >= 11 is 0. The van der Waals surface area contributed by atoms with Crippen molar-refractivity contribution in [3.05, 3.63) is 134 Å². The molecular formula is C72H118O6. The summed E-state index contributed by atoms with van der Waals surface area (Å²) in [6, 6.07) is 0. The van der Waals surface area contributed by atoms with Crippen molar-refractivity contribution < 1.29 is 28.6 Å². The van der Waals surface area contributed by atoms with Crippen LogP contribution >= 0.6 is 0 Å². The highest BCUT2D eigenvalue weighted by molar-refractivity contribution is 5.71. The number of carbonyl (C=O) groups excluding carboxylic acids is 3. The van der Waals surface area contributed by atoms with E-state index in [9.17, 15) is 14.4 Å². The van der Waals surface area contributed by atoms with E-state index in [1.165, 1.54) is 96.3 Å². The second-order valence-electron chi connectivity index (χ2n) is 20.9. The standard InChI is InChI=1S/C72H118O6/c1-4-7-10-13-16-19-21-23-25-27-29-31-33-35-36-38-39-41-43-45-47-49-51-53-56-59-62-65-71(74)77-68-69(67-76-70(73)64-61-58-55-18-15-12-9-6-3)78-72(75)66-63-60-57-54-52-50-48-46-44-42-40-37-34-32-30-28-26-24-22-20-17-14-11-8-5-2/h7-8,10-11,16-17,19-20,23-26,29-32,35-36,39,41,45,47,69H,4-6,9,12-15,18,21-22,27-28,33-34,37-38,40,42-44,46,48-68H2,1-3H3/b10-7-,11-8-,19-16-,20-17-,25-23-,26-24-,31-29-,32-30-,36-35-,41-39-,47-45-. The predicted octanol–water partition coefficient (Wildman–Crippen LogP) is 22.2. The first kappa shape index (κ1) is 73.5. The fourth-order valence-electron chi connectivity index (χ4n) is 8.65. The molecule has 0 aromatic heterocycles. The Hall–Kier alpha value is -4.45. The molecule has 0 rings (SSSR count). The van der Waals surface area contributed by atoms with E-state index in [4.69, 9.17) is 14.2 Å². The Labute approximate surface area is 481 Å². The van der Waals surface area contributed by atoms with Gasteiger partial charge in [0.25, 0.3) is 0 Å². The normalized spacial score (nSPS) is 13.0. The summed E-state index contributed by atoms with van der Waals surface area (Å²) in [4.78, 5) is 38.2. The van der Waals surface area contributed by atoms with Gasteiger partial charge in [0.1, 0.15) is 13.2 Å². The number of hydrogen-bond donors (Lipinski definition) is 0. The molecule has 0 bridgehead atoms. The molecule has 0 aromatic rings. The molecule has 0 N–H and O–H groups in total. The summed E-state index contributed by atoms with van der Waals surface area (Å²) in [5, 5.41) is 0. The molecule has 1 unspecified atom stereocenters. The van der Waals surface area contributed by atoms with Crippen molar-refractivity contribution in [2.75, 3.05) is 13.2 Å². The highest BCUT2D eigenvalue weighted by Gasteiger charge is 2.19. The Balaban J connectivity index is 4.25. The fraction of sp³-hybridized carbons (Fsp3) is 0.653. The average molecular weight is 1080 g/mol. The van der Waals surface area contributed by atoms with E-state index < -0.39 is 6.10 Å². The van der Waals surface area contributed by atoms with Crippen molar-refractivity contribution in [3.8, 4) is 0 Å². The van der Waals surface area contributed by atoms with Gasteiger partial charge in [-0.15, -0.1) is 0 Å². The summed E-state index contributed by atoms with van der Waals surface area (Å²) in [5.41, 5.74) is 0. The average Bonchev–Trinajstić information content (AvgIpc) is 3.44. The number of esters is 3. The van der Waals surface area contributed by atoms with Crippen LogP contribution in [0.2, 0.25) is 0 Å². The molecule has 1 atom stereocenters. The van der Waals surface area contributed by atoms with Crippen LogP contribution in [0.5, 0.6) is 0 Å². The van der Waals surface area contributed by atoms with Crippen molar-refractivity contribution in [3.63, 3.8) is 0 Å². The largest absolute Gasteiger partial charge is 0.462 e. The van der Waals surface area contributed by atoms with Gasteiger partial charge in [-0.25, -0.2) is 0 Å². The summed E-state index contributed by atoms with van der Waals surface area (Å²) in [7, 11) is 0. The maximum absolute atomic E-state index is 12.9. The number of unbranched alkanes of at least 4 members (excludes halogenated alkanes) is 24. The Bertz CT molecular complexity index is 1670. The molecular weight excluding hydrogens is 961 g/mol. The van der Waals surface area contributed by atoms with E-state index in [1.807, 2.05) is 0 Å². The Morgan fingerprint density at radius 3 is 0.782 bits per heavy atom. The number of allylic oxidation sites excluding steroid dienone is 22. The summed E-state index contributed by atoms with van der Waals surface area (Å²) in [6.45, 7) is 6.37. The van der Waals surface area contributed by atoms with Gasteiger partial charge in [-0.1, -0.05) is 283 Å². The smallest absolute Gasteiger partial charge is 0.306 e. The van der Waals surface area contributed by atoms with E-state index in [0.29, 0.717) is 19.3 Å². The quantitative estimate of drug-likeness (QED) is 0.0261. The van der Waals surface area contributed by atoms with Gasteiger partial charge in [0, 0.05) is 19.3 Å². The van der Waals surface area contributed by atoms with Crippen LogP contribution in [0.4, 0.5) is 0 Å². The molecule has 0 amide bonds. The van der Waals surface area contributed by atoms with E-state index in [-0.39, 0.29) is 31.1 Å².